The number of carbonyl (C=O) groups excluding carboxylic acids is 2. The predicted octanol–water partition coefficient (Wildman–Crippen LogP) is 2.09. The van der Waals surface area contributed by atoms with E-state index in [-0.39, 0.29) is 18.1 Å². The first-order chi connectivity index (χ1) is 13.0. The van der Waals surface area contributed by atoms with Gasteiger partial charge in [0.2, 0.25) is 5.91 Å². The highest BCUT2D eigenvalue weighted by Crippen LogP contribution is 2.15. The molecule has 0 atom stereocenters. The molecule has 0 spiro atoms. The number of aryl methyl sites for hydroxylation is 1. The molecule has 0 saturated carbocycles. The molecule has 3 aromatic rings. The van der Waals surface area contributed by atoms with Crippen LogP contribution in [-0.4, -0.2) is 28.8 Å². The number of amides is 3. The maximum Gasteiger partial charge on any atom is 0.318 e. The second-order valence-corrected chi connectivity index (χ2v) is 5.93. The molecule has 0 radical (unpaired) electrons. The van der Waals surface area contributed by atoms with E-state index in [1.165, 1.54) is 7.05 Å². The lowest BCUT2D eigenvalue weighted by Crippen LogP contribution is -2.30. The molecule has 3 amide bonds. The van der Waals surface area contributed by atoms with E-state index >= 15 is 0 Å². The van der Waals surface area contributed by atoms with Crippen molar-refractivity contribution < 1.29 is 9.59 Å². The Labute approximate surface area is 155 Å². The SMILES string of the molecule is CNC(=O)Nc1cccc(NC(=O)Cn2nc(C)c3ccccc3c2=O)c1. The van der Waals surface area contributed by atoms with E-state index in [2.05, 4.69) is 21.0 Å². The molecular weight excluding hydrogens is 346 g/mol. The van der Waals surface area contributed by atoms with E-state index in [1.54, 1.807) is 43.3 Å². The smallest absolute Gasteiger partial charge is 0.318 e. The van der Waals surface area contributed by atoms with Crippen molar-refractivity contribution in [3.63, 3.8) is 0 Å². The van der Waals surface area contributed by atoms with E-state index in [4.69, 9.17) is 0 Å². The number of anilines is 2. The summed E-state index contributed by atoms with van der Waals surface area (Å²) in [5.41, 5.74) is 1.39. The molecule has 3 rings (SSSR count). The third-order valence-electron chi connectivity index (χ3n) is 3.98. The molecule has 0 aliphatic rings. The van der Waals surface area contributed by atoms with Crippen molar-refractivity contribution in [1.29, 1.82) is 0 Å². The van der Waals surface area contributed by atoms with Crippen molar-refractivity contribution in [2.24, 2.45) is 0 Å². The number of fused-ring (bicyclic) bond motifs is 1. The number of benzene rings is 2. The lowest BCUT2D eigenvalue weighted by atomic mass is 10.1. The van der Waals surface area contributed by atoms with Crippen LogP contribution in [0, 0.1) is 6.92 Å². The number of nitrogens with one attached hydrogen (secondary N) is 3. The average Bonchev–Trinajstić information content (AvgIpc) is 2.66. The molecule has 1 heterocycles. The minimum atomic E-state index is -0.392. The first kappa shape index (κ1) is 18.1. The van der Waals surface area contributed by atoms with Gasteiger partial charge in [0.25, 0.3) is 5.56 Å². The summed E-state index contributed by atoms with van der Waals surface area (Å²) in [6, 6.07) is 13.5. The molecule has 0 fully saturated rings. The molecule has 138 valence electrons. The summed E-state index contributed by atoms with van der Waals surface area (Å²) in [4.78, 5) is 36.3. The van der Waals surface area contributed by atoms with Crippen LogP contribution in [0.2, 0.25) is 0 Å². The van der Waals surface area contributed by atoms with Crippen molar-refractivity contribution in [2.45, 2.75) is 13.5 Å². The van der Waals surface area contributed by atoms with E-state index in [0.29, 0.717) is 22.5 Å². The summed E-state index contributed by atoms with van der Waals surface area (Å²) in [6.45, 7) is 1.59. The van der Waals surface area contributed by atoms with Crippen LogP contribution < -0.4 is 21.5 Å². The van der Waals surface area contributed by atoms with E-state index < -0.39 is 5.91 Å². The number of carbonyl (C=O) groups is 2. The summed E-state index contributed by atoms with van der Waals surface area (Å²) in [5.74, 6) is -0.392. The van der Waals surface area contributed by atoms with E-state index in [9.17, 15) is 14.4 Å². The van der Waals surface area contributed by atoms with Gasteiger partial charge in [-0.1, -0.05) is 24.3 Å². The third-order valence-corrected chi connectivity index (χ3v) is 3.98. The van der Waals surface area contributed by atoms with Crippen LogP contribution in [0.25, 0.3) is 10.8 Å². The summed E-state index contributed by atoms with van der Waals surface area (Å²) in [6.07, 6.45) is 0. The van der Waals surface area contributed by atoms with Gasteiger partial charge in [-0.25, -0.2) is 9.48 Å². The summed E-state index contributed by atoms with van der Waals surface area (Å²) < 4.78 is 1.15. The molecule has 27 heavy (non-hydrogen) atoms. The van der Waals surface area contributed by atoms with E-state index in [0.717, 1.165) is 10.1 Å². The minimum absolute atomic E-state index is 0.211. The lowest BCUT2D eigenvalue weighted by Gasteiger charge is -2.10. The lowest BCUT2D eigenvalue weighted by molar-refractivity contribution is -0.117. The molecule has 8 heteroatoms. The normalized spacial score (nSPS) is 10.4. The van der Waals surface area contributed by atoms with Crippen molar-refractivity contribution >= 4 is 34.1 Å². The largest absolute Gasteiger partial charge is 0.341 e. The number of urea groups is 1. The van der Waals surface area contributed by atoms with Gasteiger partial charge in [0.05, 0.1) is 11.1 Å². The first-order valence-electron chi connectivity index (χ1n) is 8.33. The second kappa shape index (κ2) is 7.69. The molecule has 2 aromatic carbocycles. The Kier molecular flexibility index (Phi) is 5.16. The van der Waals surface area contributed by atoms with Crippen molar-refractivity contribution in [3.05, 3.63) is 64.6 Å². The van der Waals surface area contributed by atoms with Crippen molar-refractivity contribution in [1.82, 2.24) is 15.1 Å². The zero-order valence-electron chi connectivity index (χ0n) is 14.9. The van der Waals surface area contributed by atoms with Crippen LogP contribution in [0.5, 0.6) is 0 Å². The van der Waals surface area contributed by atoms with Gasteiger partial charge in [0, 0.05) is 23.8 Å². The van der Waals surface area contributed by atoms with Gasteiger partial charge in [0.15, 0.2) is 0 Å². The molecule has 0 saturated heterocycles. The fraction of sp³-hybridized carbons (Fsp3) is 0.158. The Hall–Kier alpha value is -3.68. The maximum atomic E-state index is 12.5. The Bertz CT molecular complexity index is 1070. The highest BCUT2D eigenvalue weighted by Gasteiger charge is 2.11. The van der Waals surface area contributed by atoms with Gasteiger partial charge in [-0.2, -0.15) is 5.10 Å². The Morgan fingerprint density at radius 2 is 1.67 bits per heavy atom. The standard InChI is InChI=1S/C19H19N5O3/c1-12-15-8-3-4-9-16(15)18(26)24(23-12)11-17(25)21-13-6-5-7-14(10-13)22-19(27)20-2/h3-10H,11H2,1-2H3,(H,21,25)(H2,20,22,27). The molecule has 0 aliphatic carbocycles. The van der Waals surface area contributed by atoms with Gasteiger partial charge in [-0.05, 0) is 31.2 Å². The molecule has 0 bridgehead atoms. The number of aromatic nitrogens is 2. The average molecular weight is 365 g/mol. The first-order valence-corrected chi connectivity index (χ1v) is 8.33. The Morgan fingerprint density at radius 1 is 1.00 bits per heavy atom. The zero-order chi connectivity index (χ0) is 19.4. The van der Waals surface area contributed by atoms with Crippen molar-refractivity contribution in [3.8, 4) is 0 Å². The van der Waals surface area contributed by atoms with Gasteiger partial charge in [-0.15, -0.1) is 0 Å². The monoisotopic (exact) mass is 365 g/mol. The quantitative estimate of drug-likeness (QED) is 0.658. The molecular formula is C19H19N5O3. The summed E-state index contributed by atoms with van der Waals surface area (Å²) >= 11 is 0. The van der Waals surface area contributed by atoms with Gasteiger partial charge in [-0.3, -0.25) is 9.59 Å². The molecule has 0 unspecified atom stereocenters. The van der Waals surface area contributed by atoms with Crippen LogP contribution in [0.4, 0.5) is 16.2 Å². The topological polar surface area (TPSA) is 105 Å². The number of hydrogen-bond acceptors (Lipinski definition) is 4. The number of hydrogen-bond donors (Lipinski definition) is 3. The fourth-order valence-electron chi connectivity index (χ4n) is 2.72. The van der Waals surface area contributed by atoms with Crippen LogP contribution in [0.1, 0.15) is 5.69 Å². The van der Waals surface area contributed by atoms with Crippen LogP contribution in [-0.2, 0) is 11.3 Å². The summed E-state index contributed by atoms with van der Waals surface area (Å²) in [5, 5.41) is 13.3. The summed E-state index contributed by atoms with van der Waals surface area (Å²) in [7, 11) is 1.51. The Morgan fingerprint density at radius 3 is 2.37 bits per heavy atom. The predicted molar refractivity (Wildman–Crippen MR) is 104 cm³/mol. The Balaban J connectivity index is 1.78. The van der Waals surface area contributed by atoms with Gasteiger partial charge >= 0.3 is 6.03 Å². The molecule has 0 aliphatic heterocycles. The molecule has 3 N–H and O–H groups in total. The number of rotatable bonds is 4. The highest BCUT2D eigenvalue weighted by atomic mass is 16.2. The third kappa shape index (κ3) is 4.12. The number of nitrogens with zero attached hydrogens (tertiary/aromatic N) is 2. The van der Waals surface area contributed by atoms with Gasteiger partial charge < -0.3 is 16.0 Å². The second-order valence-electron chi connectivity index (χ2n) is 5.93. The van der Waals surface area contributed by atoms with Crippen LogP contribution in [0.15, 0.2) is 53.3 Å². The van der Waals surface area contributed by atoms with Crippen LogP contribution >= 0.6 is 0 Å². The maximum absolute atomic E-state index is 12.5. The van der Waals surface area contributed by atoms with Gasteiger partial charge in [0.1, 0.15) is 6.54 Å². The molecule has 8 nitrogen and oxygen atoms in total. The van der Waals surface area contributed by atoms with Crippen molar-refractivity contribution in [2.75, 3.05) is 17.7 Å². The minimum Gasteiger partial charge on any atom is -0.341 e. The molecule has 1 aromatic heterocycles. The zero-order valence-corrected chi connectivity index (χ0v) is 14.9. The van der Waals surface area contributed by atoms with E-state index in [1.807, 2.05) is 12.1 Å². The van der Waals surface area contributed by atoms with Crippen LogP contribution in [0.3, 0.4) is 0 Å². The highest BCUT2D eigenvalue weighted by molar-refractivity contribution is 5.93. The fourth-order valence-corrected chi connectivity index (χ4v) is 2.72.